The lowest BCUT2D eigenvalue weighted by molar-refractivity contribution is -0.146. The van der Waals surface area contributed by atoms with Gasteiger partial charge < -0.3 is 10.1 Å². The summed E-state index contributed by atoms with van der Waals surface area (Å²) in [6.07, 6.45) is 2.82. The summed E-state index contributed by atoms with van der Waals surface area (Å²) in [5, 5.41) is 3.29. The van der Waals surface area contributed by atoms with Crippen LogP contribution in [0.25, 0.3) is 0 Å². The van der Waals surface area contributed by atoms with Crippen molar-refractivity contribution in [2.45, 2.75) is 33.1 Å². The normalized spacial score (nSPS) is 18.5. The largest absolute Gasteiger partial charge is 0.465 e. The van der Waals surface area contributed by atoms with Crippen LogP contribution in [0.1, 0.15) is 33.1 Å². The second kappa shape index (κ2) is 6.02. The fourth-order valence-electron chi connectivity index (χ4n) is 1.64. The van der Waals surface area contributed by atoms with Crippen molar-refractivity contribution in [1.82, 2.24) is 5.32 Å². The SMILES string of the molecule is CC(C)COC(=O)CC1CCNCC1. The van der Waals surface area contributed by atoms with Crippen LogP contribution in [0.3, 0.4) is 0 Å². The lowest BCUT2D eigenvalue weighted by atomic mass is 9.95. The van der Waals surface area contributed by atoms with E-state index in [0.717, 1.165) is 25.9 Å². The third-order valence-electron chi connectivity index (χ3n) is 2.49. The molecule has 0 atom stereocenters. The van der Waals surface area contributed by atoms with E-state index in [1.165, 1.54) is 0 Å². The maximum Gasteiger partial charge on any atom is 0.306 e. The molecule has 1 rings (SSSR count). The van der Waals surface area contributed by atoms with Crippen molar-refractivity contribution in [1.29, 1.82) is 0 Å². The molecule has 3 heteroatoms. The van der Waals surface area contributed by atoms with Crippen molar-refractivity contribution in [3.63, 3.8) is 0 Å². The number of rotatable bonds is 4. The number of carbonyl (C=O) groups is 1. The van der Waals surface area contributed by atoms with Crippen molar-refractivity contribution in [3.8, 4) is 0 Å². The first-order valence-electron chi connectivity index (χ1n) is 5.55. The van der Waals surface area contributed by atoms with Gasteiger partial charge in [0.1, 0.15) is 0 Å². The lowest BCUT2D eigenvalue weighted by Crippen LogP contribution is -2.29. The standard InChI is InChI=1S/C11H21NO2/c1-9(2)8-14-11(13)7-10-3-5-12-6-4-10/h9-10,12H,3-8H2,1-2H3. The van der Waals surface area contributed by atoms with Gasteiger partial charge in [-0.05, 0) is 37.8 Å². The molecule has 0 aromatic carbocycles. The molecule has 1 aliphatic rings. The van der Waals surface area contributed by atoms with Crippen molar-refractivity contribution < 1.29 is 9.53 Å². The van der Waals surface area contributed by atoms with Crippen LogP contribution in [0.4, 0.5) is 0 Å². The highest BCUT2D eigenvalue weighted by atomic mass is 16.5. The number of carbonyl (C=O) groups excluding carboxylic acids is 1. The minimum absolute atomic E-state index is 0.0226. The Kier molecular flexibility index (Phi) is 4.94. The van der Waals surface area contributed by atoms with E-state index in [9.17, 15) is 4.79 Å². The summed E-state index contributed by atoms with van der Waals surface area (Å²) >= 11 is 0. The van der Waals surface area contributed by atoms with E-state index in [4.69, 9.17) is 4.74 Å². The fourth-order valence-corrected chi connectivity index (χ4v) is 1.64. The molecule has 14 heavy (non-hydrogen) atoms. The summed E-state index contributed by atoms with van der Waals surface area (Å²) in [6, 6.07) is 0. The Morgan fingerprint density at radius 3 is 2.64 bits per heavy atom. The molecule has 0 aliphatic carbocycles. The molecule has 0 bridgehead atoms. The summed E-state index contributed by atoms with van der Waals surface area (Å²) in [5.74, 6) is 0.952. The minimum atomic E-state index is -0.0226. The smallest absolute Gasteiger partial charge is 0.306 e. The molecule has 82 valence electrons. The molecule has 0 unspecified atom stereocenters. The molecule has 1 N–H and O–H groups in total. The van der Waals surface area contributed by atoms with Gasteiger partial charge in [0.25, 0.3) is 0 Å². The van der Waals surface area contributed by atoms with Gasteiger partial charge in [0.2, 0.25) is 0 Å². The molecule has 1 heterocycles. The summed E-state index contributed by atoms with van der Waals surface area (Å²) in [5.41, 5.74) is 0. The fraction of sp³-hybridized carbons (Fsp3) is 0.909. The van der Waals surface area contributed by atoms with Crippen molar-refractivity contribution in [2.24, 2.45) is 11.8 Å². The van der Waals surface area contributed by atoms with E-state index >= 15 is 0 Å². The molecule has 1 fully saturated rings. The summed E-state index contributed by atoms with van der Waals surface area (Å²) < 4.78 is 5.15. The average molecular weight is 199 g/mol. The van der Waals surface area contributed by atoms with E-state index in [2.05, 4.69) is 19.2 Å². The molecule has 0 radical (unpaired) electrons. The maximum absolute atomic E-state index is 11.4. The number of esters is 1. The monoisotopic (exact) mass is 199 g/mol. The predicted octanol–water partition coefficient (Wildman–Crippen LogP) is 1.58. The van der Waals surface area contributed by atoms with E-state index < -0.39 is 0 Å². The first-order chi connectivity index (χ1) is 6.68. The van der Waals surface area contributed by atoms with Crippen LogP contribution < -0.4 is 5.32 Å². The second-order valence-electron chi connectivity index (χ2n) is 4.47. The van der Waals surface area contributed by atoms with E-state index in [0.29, 0.717) is 24.9 Å². The molecule has 0 spiro atoms. The third-order valence-corrected chi connectivity index (χ3v) is 2.49. The van der Waals surface area contributed by atoms with Crippen molar-refractivity contribution in [2.75, 3.05) is 19.7 Å². The summed E-state index contributed by atoms with van der Waals surface area (Å²) in [4.78, 5) is 11.4. The third kappa shape index (κ3) is 4.61. The highest BCUT2D eigenvalue weighted by Gasteiger charge is 2.17. The predicted molar refractivity (Wildman–Crippen MR) is 56.0 cm³/mol. The number of nitrogens with one attached hydrogen (secondary N) is 1. The quantitative estimate of drug-likeness (QED) is 0.698. The van der Waals surface area contributed by atoms with Crippen LogP contribution >= 0.6 is 0 Å². The molecule has 3 nitrogen and oxygen atoms in total. The Balaban J connectivity index is 2.12. The van der Waals surface area contributed by atoms with Crippen molar-refractivity contribution in [3.05, 3.63) is 0 Å². The highest BCUT2D eigenvalue weighted by molar-refractivity contribution is 5.69. The molecule has 1 saturated heterocycles. The summed E-state index contributed by atoms with van der Waals surface area (Å²) in [6.45, 7) is 6.75. The first-order valence-corrected chi connectivity index (χ1v) is 5.55. The Hall–Kier alpha value is -0.570. The lowest BCUT2D eigenvalue weighted by Gasteiger charge is -2.21. The minimum Gasteiger partial charge on any atom is -0.465 e. The molecule has 1 aliphatic heterocycles. The van der Waals surface area contributed by atoms with Crippen LogP contribution in [-0.4, -0.2) is 25.7 Å². The molecular weight excluding hydrogens is 178 g/mol. The van der Waals surface area contributed by atoms with Crippen molar-refractivity contribution >= 4 is 5.97 Å². The Bertz CT molecular complexity index is 174. The topological polar surface area (TPSA) is 38.3 Å². The first kappa shape index (κ1) is 11.5. The van der Waals surface area contributed by atoms with Crippen LogP contribution in [0.15, 0.2) is 0 Å². The van der Waals surface area contributed by atoms with Gasteiger partial charge in [-0.15, -0.1) is 0 Å². The molecular formula is C11H21NO2. The van der Waals surface area contributed by atoms with Crippen LogP contribution in [-0.2, 0) is 9.53 Å². The Labute approximate surface area is 86.2 Å². The highest BCUT2D eigenvalue weighted by Crippen LogP contribution is 2.16. The van der Waals surface area contributed by atoms with Gasteiger partial charge in [-0.1, -0.05) is 13.8 Å². The van der Waals surface area contributed by atoms with E-state index in [-0.39, 0.29) is 5.97 Å². The number of ether oxygens (including phenoxy) is 1. The Morgan fingerprint density at radius 2 is 2.07 bits per heavy atom. The van der Waals surface area contributed by atoms with Crippen LogP contribution in [0, 0.1) is 11.8 Å². The molecule has 0 saturated carbocycles. The van der Waals surface area contributed by atoms with Gasteiger partial charge >= 0.3 is 5.97 Å². The van der Waals surface area contributed by atoms with E-state index in [1.807, 2.05) is 0 Å². The zero-order chi connectivity index (χ0) is 10.4. The van der Waals surface area contributed by atoms with Gasteiger partial charge in [-0.3, -0.25) is 4.79 Å². The number of hydrogen-bond acceptors (Lipinski definition) is 3. The molecule has 0 aromatic rings. The zero-order valence-electron chi connectivity index (χ0n) is 9.21. The number of hydrogen-bond donors (Lipinski definition) is 1. The average Bonchev–Trinajstić information content (AvgIpc) is 2.16. The van der Waals surface area contributed by atoms with Crippen LogP contribution in [0.2, 0.25) is 0 Å². The van der Waals surface area contributed by atoms with Gasteiger partial charge in [-0.25, -0.2) is 0 Å². The molecule has 0 aromatic heterocycles. The number of piperidine rings is 1. The van der Waals surface area contributed by atoms with E-state index in [1.54, 1.807) is 0 Å². The molecule has 0 amide bonds. The van der Waals surface area contributed by atoms with Gasteiger partial charge in [-0.2, -0.15) is 0 Å². The maximum atomic E-state index is 11.4. The van der Waals surface area contributed by atoms with Gasteiger partial charge in [0.05, 0.1) is 6.61 Å². The zero-order valence-corrected chi connectivity index (χ0v) is 9.21. The second-order valence-corrected chi connectivity index (χ2v) is 4.47. The summed E-state index contributed by atoms with van der Waals surface area (Å²) in [7, 11) is 0. The Morgan fingerprint density at radius 1 is 1.43 bits per heavy atom. The van der Waals surface area contributed by atoms with Crippen LogP contribution in [0.5, 0.6) is 0 Å². The van der Waals surface area contributed by atoms with Gasteiger partial charge in [0, 0.05) is 6.42 Å². The van der Waals surface area contributed by atoms with Gasteiger partial charge in [0.15, 0.2) is 0 Å².